The predicted molar refractivity (Wildman–Crippen MR) is 93.7 cm³/mol. The molecule has 1 N–H and O–H groups in total. The van der Waals surface area contributed by atoms with E-state index in [9.17, 15) is 9.59 Å². The lowest BCUT2D eigenvalue weighted by molar-refractivity contribution is -0.166. The molecule has 1 aliphatic rings. The quantitative estimate of drug-likeness (QED) is 0.634. The van der Waals surface area contributed by atoms with E-state index in [1.54, 1.807) is 19.9 Å². The van der Waals surface area contributed by atoms with Crippen molar-refractivity contribution in [3.8, 4) is 0 Å². The van der Waals surface area contributed by atoms with E-state index in [2.05, 4.69) is 10.5 Å². The third kappa shape index (κ3) is 6.42. The molecule has 2 heterocycles. The SMILES string of the molecule is CCCCC(OC(=O)C(C)OCC1CCCO1)C(=O)Nc1cc(C)on1. The third-order valence-corrected chi connectivity index (χ3v) is 4.14. The second-order valence-corrected chi connectivity index (χ2v) is 6.49. The number of hydrogen-bond donors (Lipinski definition) is 1. The number of ether oxygens (including phenoxy) is 3. The highest BCUT2D eigenvalue weighted by atomic mass is 16.6. The standard InChI is InChI=1S/C18H28N2O6/c1-4-5-8-15(17(21)19-16-10-12(2)26-20-16)25-18(22)13(3)24-11-14-7-6-9-23-14/h10,13-15H,4-9,11H2,1-3H3,(H,19,20,21). The maximum atomic E-state index is 12.4. The molecule has 0 spiro atoms. The van der Waals surface area contributed by atoms with Crippen LogP contribution in [0.15, 0.2) is 10.6 Å². The van der Waals surface area contributed by atoms with Crippen molar-refractivity contribution in [1.29, 1.82) is 0 Å². The van der Waals surface area contributed by atoms with Crippen LogP contribution in [0.3, 0.4) is 0 Å². The van der Waals surface area contributed by atoms with Crippen molar-refractivity contribution in [2.24, 2.45) is 0 Å². The average molecular weight is 368 g/mol. The Hall–Kier alpha value is -1.93. The molecule has 1 aromatic heterocycles. The lowest BCUT2D eigenvalue weighted by Gasteiger charge is -2.20. The van der Waals surface area contributed by atoms with Crippen LogP contribution in [0.4, 0.5) is 5.82 Å². The van der Waals surface area contributed by atoms with Gasteiger partial charge in [0.25, 0.3) is 5.91 Å². The summed E-state index contributed by atoms with van der Waals surface area (Å²) in [6.07, 6.45) is 2.39. The zero-order valence-corrected chi connectivity index (χ0v) is 15.7. The van der Waals surface area contributed by atoms with E-state index >= 15 is 0 Å². The van der Waals surface area contributed by atoms with Crippen molar-refractivity contribution in [2.75, 3.05) is 18.5 Å². The minimum atomic E-state index is -0.895. The van der Waals surface area contributed by atoms with Crippen LogP contribution < -0.4 is 5.32 Å². The molecule has 0 aromatic carbocycles. The van der Waals surface area contributed by atoms with E-state index in [0.29, 0.717) is 24.6 Å². The molecule has 1 saturated heterocycles. The lowest BCUT2D eigenvalue weighted by Crippen LogP contribution is -2.37. The van der Waals surface area contributed by atoms with Crippen LogP contribution in [0, 0.1) is 6.92 Å². The molecule has 1 aromatic rings. The monoisotopic (exact) mass is 368 g/mol. The fraction of sp³-hybridized carbons (Fsp3) is 0.722. The number of aryl methyl sites for hydroxylation is 1. The smallest absolute Gasteiger partial charge is 0.335 e. The summed E-state index contributed by atoms with van der Waals surface area (Å²) in [4.78, 5) is 24.7. The summed E-state index contributed by atoms with van der Waals surface area (Å²) in [6.45, 7) is 6.43. The van der Waals surface area contributed by atoms with Crippen molar-refractivity contribution in [1.82, 2.24) is 5.16 Å². The first-order chi connectivity index (χ1) is 12.5. The molecule has 0 bridgehead atoms. The number of rotatable bonds is 10. The van der Waals surface area contributed by atoms with E-state index in [1.165, 1.54) is 0 Å². The van der Waals surface area contributed by atoms with E-state index in [-0.39, 0.29) is 6.10 Å². The Balaban J connectivity index is 1.85. The first-order valence-corrected chi connectivity index (χ1v) is 9.17. The van der Waals surface area contributed by atoms with Crippen LogP contribution in [0.2, 0.25) is 0 Å². The van der Waals surface area contributed by atoms with Crippen LogP contribution in [-0.2, 0) is 23.8 Å². The Labute approximate surface area is 153 Å². The van der Waals surface area contributed by atoms with Crippen LogP contribution in [-0.4, -0.2) is 48.6 Å². The number of unbranched alkanes of at least 4 members (excludes halogenated alkanes) is 1. The zero-order chi connectivity index (χ0) is 18.9. The molecule has 1 amide bonds. The number of esters is 1. The highest BCUT2D eigenvalue weighted by molar-refractivity contribution is 5.94. The predicted octanol–water partition coefficient (Wildman–Crippen LogP) is 2.61. The number of nitrogens with one attached hydrogen (secondary N) is 1. The van der Waals surface area contributed by atoms with Crippen molar-refractivity contribution >= 4 is 17.7 Å². The maximum Gasteiger partial charge on any atom is 0.335 e. The van der Waals surface area contributed by atoms with Gasteiger partial charge >= 0.3 is 5.97 Å². The zero-order valence-electron chi connectivity index (χ0n) is 15.7. The minimum absolute atomic E-state index is 0.0276. The lowest BCUT2D eigenvalue weighted by atomic mass is 10.1. The Kier molecular flexibility index (Phi) is 8.06. The Morgan fingerprint density at radius 3 is 2.88 bits per heavy atom. The number of amides is 1. The van der Waals surface area contributed by atoms with Crippen molar-refractivity contribution in [2.45, 2.75) is 71.2 Å². The number of hydrogen-bond acceptors (Lipinski definition) is 7. The van der Waals surface area contributed by atoms with Crippen LogP contribution in [0.25, 0.3) is 0 Å². The van der Waals surface area contributed by atoms with Gasteiger partial charge in [-0.25, -0.2) is 4.79 Å². The molecular formula is C18H28N2O6. The van der Waals surface area contributed by atoms with Gasteiger partial charge in [0.1, 0.15) is 5.76 Å². The van der Waals surface area contributed by atoms with Crippen LogP contribution in [0.1, 0.15) is 51.7 Å². The fourth-order valence-corrected chi connectivity index (χ4v) is 2.60. The van der Waals surface area contributed by atoms with Gasteiger partial charge in [0.2, 0.25) is 0 Å². The molecule has 8 heteroatoms. The van der Waals surface area contributed by atoms with E-state index < -0.39 is 24.1 Å². The number of nitrogens with zero attached hydrogens (tertiary/aromatic N) is 1. The van der Waals surface area contributed by atoms with Gasteiger partial charge in [0.05, 0.1) is 12.7 Å². The summed E-state index contributed by atoms with van der Waals surface area (Å²) < 4.78 is 21.3. The van der Waals surface area contributed by atoms with E-state index in [0.717, 1.165) is 32.3 Å². The maximum absolute atomic E-state index is 12.4. The highest BCUT2D eigenvalue weighted by Crippen LogP contribution is 2.15. The summed E-state index contributed by atoms with van der Waals surface area (Å²) in [7, 11) is 0. The van der Waals surface area contributed by atoms with Gasteiger partial charge in [-0.05, 0) is 39.5 Å². The Morgan fingerprint density at radius 2 is 2.27 bits per heavy atom. The molecule has 146 valence electrons. The number of carbonyl (C=O) groups excluding carboxylic acids is 2. The molecule has 26 heavy (non-hydrogen) atoms. The molecule has 0 saturated carbocycles. The minimum Gasteiger partial charge on any atom is -0.450 e. The molecule has 2 rings (SSSR count). The van der Waals surface area contributed by atoms with Gasteiger partial charge in [0, 0.05) is 12.7 Å². The third-order valence-electron chi connectivity index (χ3n) is 4.14. The summed E-state index contributed by atoms with van der Waals surface area (Å²) >= 11 is 0. The summed E-state index contributed by atoms with van der Waals surface area (Å²) in [5, 5.41) is 6.33. The molecule has 0 radical (unpaired) electrons. The Bertz CT molecular complexity index is 582. The molecule has 1 fully saturated rings. The average Bonchev–Trinajstić information content (AvgIpc) is 3.27. The number of anilines is 1. The normalized spacial score (nSPS) is 19.1. The summed E-state index contributed by atoms with van der Waals surface area (Å²) in [5.41, 5.74) is 0. The van der Waals surface area contributed by atoms with Gasteiger partial charge in [-0.3, -0.25) is 4.79 Å². The molecular weight excluding hydrogens is 340 g/mol. The van der Waals surface area contributed by atoms with Gasteiger partial charge in [-0.2, -0.15) is 0 Å². The molecule has 0 aliphatic carbocycles. The van der Waals surface area contributed by atoms with Crippen LogP contribution in [0.5, 0.6) is 0 Å². The largest absolute Gasteiger partial charge is 0.450 e. The van der Waals surface area contributed by atoms with Crippen molar-refractivity contribution < 1.29 is 28.3 Å². The summed E-state index contributed by atoms with van der Waals surface area (Å²) in [5.74, 6) is -0.103. The Morgan fingerprint density at radius 1 is 1.46 bits per heavy atom. The molecule has 3 atom stereocenters. The first-order valence-electron chi connectivity index (χ1n) is 9.17. The molecule has 8 nitrogen and oxygen atoms in total. The van der Waals surface area contributed by atoms with E-state index in [4.69, 9.17) is 18.7 Å². The molecule has 1 aliphatic heterocycles. The van der Waals surface area contributed by atoms with Gasteiger partial charge in [-0.15, -0.1) is 0 Å². The topological polar surface area (TPSA) is 99.9 Å². The second-order valence-electron chi connectivity index (χ2n) is 6.49. The van der Waals surface area contributed by atoms with Crippen molar-refractivity contribution in [3.63, 3.8) is 0 Å². The van der Waals surface area contributed by atoms with Gasteiger partial charge in [0.15, 0.2) is 18.0 Å². The number of carbonyl (C=O) groups is 2. The van der Waals surface area contributed by atoms with Crippen molar-refractivity contribution in [3.05, 3.63) is 11.8 Å². The first kappa shape index (κ1) is 20.4. The fourth-order valence-electron chi connectivity index (χ4n) is 2.60. The van der Waals surface area contributed by atoms with Gasteiger partial charge < -0.3 is 24.1 Å². The van der Waals surface area contributed by atoms with Crippen LogP contribution >= 0.6 is 0 Å². The number of aromatic nitrogens is 1. The van der Waals surface area contributed by atoms with Gasteiger partial charge in [-0.1, -0.05) is 18.5 Å². The second kappa shape index (κ2) is 10.3. The van der Waals surface area contributed by atoms with E-state index in [1.807, 2.05) is 6.92 Å². The highest BCUT2D eigenvalue weighted by Gasteiger charge is 2.27. The summed E-state index contributed by atoms with van der Waals surface area (Å²) in [6, 6.07) is 1.60. The molecule has 3 unspecified atom stereocenters.